The third-order valence-electron chi connectivity index (χ3n) is 5.72. The van der Waals surface area contributed by atoms with E-state index in [4.69, 9.17) is 0 Å². The fourth-order valence-corrected chi connectivity index (χ4v) is 5.58. The van der Waals surface area contributed by atoms with E-state index >= 15 is 0 Å². The van der Waals surface area contributed by atoms with E-state index in [2.05, 4.69) is 17.1 Å². The number of sulfonamides is 1. The molecule has 3 rings (SSSR count). The fraction of sp³-hybridized carbons (Fsp3) is 0.650. The third kappa shape index (κ3) is 4.89. The van der Waals surface area contributed by atoms with Crippen LogP contribution in [-0.2, 0) is 10.0 Å². The van der Waals surface area contributed by atoms with Crippen molar-refractivity contribution in [2.45, 2.75) is 56.4 Å². The zero-order valence-electron chi connectivity index (χ0n) is 16.2. The number of likely N-dealkylation sites (tertiary alicyclic amines) is 1. The quantitative estimate of drug-likeness (QED) is 0.806. The topological polar surface area (TPSA) is 69.7 Å². The number of nitrogens with zero attached hydrogens (tertiary/aromatic N) is 2. The average molecular weight is 394 g/mol. The summed E-state index contributed by atoms with van der Waals surface area (Å²) in [6.45, 7) is 6.05. The van der Waals surface area contributed by atoms with E-state index in [1.54, 1.807) is 28.6 Å². The lowest BCUT2D eigenvalue weighted by molar-refractivity contribution is 0.0941. The van der Waals surface area contributed by atoms with E-state index in [0.29, 0.717) is 31.2 Å². The van der Waals surface area contributed by atoms with Gasteiger partial charge in [0.25, 0.3) is 5.91 Å². The van der Waals surface area contributed by atoms with Crippen molar-refractivity contribution in [2.75, 3.05) is 32.7 Å². The maximum Gasteiger partial charge on any atom is 0.251 e. The van der Waals surface area contributed by atoms with Crippen LogP contribution in [0.5, 0.6) is 0 Å². The van der Waals surface area contributed by atoms with Crippen molar-refractivity contribution >= 4 is 15.9 Å². The van der Waals surface area contributed by atoms with E-state index in [0.717, 1.165) is 45.2 Å². The minimum atomic E-state index is -3.47. The van der Waals surface area contributed by atoms with Gasteiger partial charge in [-0.1, -0.05) is 19.8 Å². The SMILES string of the molecule is CCN1CCCC1CNC(=O)c1ccc(S(=O)(=O)N2CCCCCC2)cc1. The van der Waals surface area contributed by atoms with Crippen LogP contribution in [0.1, 0.15) is 55.8 Å². The van der Waals surface area contributed by atoms with Crippen LogP contribution in [0.3, 0.4) is 0 Å². The van der Waals surface area contributed by atoms with Gasteiger partial charge in [-0.15, -0.1) is 0 Å². The summed E-state index contributed by atoms with van der Waals surface area (Å²) < 4.78 is 27.2. The number of rotatable bonds is 6. The van der Waals surface area contributed by atoms with Crippen molar-refractivity contribution < 1.29 is 13.2 Å². The molecule has 7 heteroatoms. The van der Waals surface area contributed by atoms with Gasteiger partial charge in [-0.25, -0.2) is 8.42 Å². The van der Waals surface area contributed by atoms with Crippen LogP contribution in [0.25, 0.3) is 0 Å². The maximum absolute atomic E-state index is 12.8. The molecule has 150 valence electrons. The van der Waals surface area contributed by atoms with E-state index < -0.39 is 10.0 Å². The van der Waals surface area contributed by atoms with Crippen LogP contribution in [0.4, 0.5) is 0 Å². The number of benzene rings is 1. The molecule has 0 spiro atoms. The molecule has 1 aromatic rings. The Morgan fingerprint density at radius 2 is 1.70 bits per heavy atom. The first-order valence-corrected chi connectivity index (χ1v) is 11.6. The molecule has 1 amide bonds. The Balaban J connectivity index is 1.61. The predicted molar refractivity (Wildman–Crippen MR) is 106 cm³/mol. The highest BCUT2D eigenvalue weighted by Gasteiger charge is 2.26. The summed E-state index contributed by atoms with van der Waals surface area (Å²) >= 11 is 0. The molecule has 0 aliphatic carbocycles. The Hall–Kier alpha value is -1.44. The molecule has 2 heterocycles. The van der Waals surface area contributed by atoms with Crippen molar-refractivity contribution in [3.05, 3.63) is 29.8 Å². The van der Waals surface area contributed by atoms with E-state index in [1.807, 2.05) is 0 Å². The minimum Gasteiger partial charge on any atom is -0.350 e. The molecule has 2 fully saturated rings. The predicted octanol–water partition coefficient (Wildman–Crippen LogP) is 2.47. The fourth-order valence-electron chi connectivity index (χ4n) is 4.06. The summed E-state index contributed by atoms with van der Waals surface area (Å²) in [7, 11) is -3.47. The molecule has 0 bridgehead atoms. The van der Waals surface area contributed by atoms with Gasteiger partial charge in [0.05, 0.1) is 4.90 Å². The van der Waals surface area contributed by atoms with Gasteiger partial charge in [0.1, 0.15) is 0 Å². The van der Waals surface area contributed by atoms with Gasteiger partial charge in [0, 0.05) is 31.2 Å². The zero-order chi connectivity index (χ0) is 19.3. The number of carbonyl (C=O) groups is 1. The molecule has 6 nitrogen and oxygen atoms in total. The second-order valence-electron chi connectivity index (χ2n) is 7.48. The average Bonchev–Trinajstić information content (AvgIpc) is 2.95. The first-order chi connectivity index (χ1) is 13.0. The summed E-state index contributed by atoms with van der Waals surface area (Å²) in [5.41, 5.74) is 0.505. The van der Waals surface area contributed by atoms with Crippen LogP contribution < -0.4 is 5.32 Å². The molecule has 2 aliphatic heterocycles. The molecule has 1 aromatic carbocycles. The molecular weight excluding hydrogens is 362 g/mol. The van der Waals surface area contributed by atoms with Crippen LogP contribution in [0, 0.1) is 0 Å². The zero-order valence-corrected chi connectivity index (χ0v) is 17.0. The molecule has 0 saturated carbocycles. The molecule has 1 unspecified atom stereocenters. The Bertz CT molecular complexity index is 725. The molecule has 0 aromatic heterocycles. The Labute approximate surface area is 163 Å². The molecule has 2 aliphatic rings. The number of carbonyl (C=O) groups excluding carboxylic acids is 1. The van der Waals surface area contributed by atoms with Gasteiger partial charge in [-0.2, -0.15) is 4.31 Å². The normalized spacial score (nSPS) is 22.5. The highest BCUT2D eigenvalue weighted by atomic mass is 32.2. The molecular formula is C20H31N3O3S. The van der Waals surface area contributed by atoms with Crippen LogP contribution in [-0.4, -0.2) is 62.3 Å². The Morgan fingerprint density at radius 1 is 1.04 bits per heavy atom. The lowest BCUT2D eigenvalue weighted by Gasteiger charge is -2.23. The largest absolute Gasteiger partial charge is 0.350 e. The van der Waals surface area contributed by atoms with E-state index in [9.17, 15) is 13.2 Å². The minimum absolute atomic E-state index is 0.142. The van der Waals surface area contributed by atoms with Gasteiger partial charge >= 0.3 is 0 Å². The third-order valence-corrected chi connectivity index (χ3v) is 7.64. The molecule has 1 N–H and O–H groups in total. The maximum atomic E-state index is 12.8. The Kier molecular flexibility index (Phi) is 6.89. The standard InChI is InChI=1S/C20H31N3O3S/c1-2-22-13-7-8-18(22)16-21-20(24)17-9-11-19(12-10-17)27(25,26)23-14-5-3-4-6-15-23/h9-12,18H,2-8,13-16H2,1H3,(H,21,24). The molecule has 0 radical (unpaired) electrons. The molecule has 2 saturated heterocycles. The van der Waals surface area contributed by atoms with Gasteiger partial charge < -0.3 is 5.32 Å². The van der Waals surface area contributed by atoms with Crippen molar-refractivity contribution in [3.63, 3.8) is 0 Å². The Morgan fingerprint density at radius 3 is 2.33 bits per heavy atom. The second kappa shape index (κ2) is 9.17. The summed E-state index contributed by atoms with van der Waals surface area (Å²) in [5.74, 6) is -0.142. The highest BCUT2D eigenvalue weighted by molar-refractivity contribution is 7.89. The van der Waals surface area contributed by atoms with E-state index in [1.165, 1.54) is 6.42 Å². The molecule has 27 heavy (non-hydrogen) atoms. The highest BCUT2D eigenvalue weighted by Crippen LogP contribution is 2.21. The smallest absolute Gasteiger partial charge is 0.251 e. The van der Waals surface area contributed by atoms with Crippen molar-refractivity contribution in [1.82, 2.24) is 14.5 Å². The second-order valence-corrected chi connectivity index (χ2v) is 9.42. The lowest BCUT2D eigenvalue weighted by atomic mass is 10.2. The van der Waals surface area contributed by atoms with Crippen LogP contribution in [0.15, 0.2) is 29.2 Å². The van der Waals surface area contributed by atoms with Gasteiger partial charge in [-0.3, -0.25) is 9.69 Å². The van der Waals surface area contributed by atoms with Crippen LogP contribution >= 0.6 is 0 Å². The monoisotopic (exact) mass is 393 g/mol. The summed E-state index contributed by atoms with van der Waals surface area (Å²) in [4.78, 5) is 15.1. The van der Waals surface area contributed by atoms with Crippen LogP contribution in [0.2, 0.25) is 0 Å². The van der Waals surface area contributed by atoms with Gasteiger partial charge in [-0.05, 0) is 63.0 Å². The number of hydrogen-bond donors (Lipinski definition) is 1. The lowest BCUT2D eigenvalue weighted by Crippen LogP contribution is -2.40. The first kappa shape index (κ1) is 20.3. The number of likely N-dealkylation sites (N-methyl/N-ethyl adjacent to an activating group) is 1. The molecule has 1 atom stereocenters. The van der Waals surface area contributed by atoms with Crippen molar-refractivity contribution in [3.8, 4) is 0 Å². The first-order valence-electron chi connectivity index (χ1n) is 10.1. The number of hydrogen-bond acceptors (Lipinski definition) is 4. The van der Waals surface area contributed by atoms with Gasteiger partial charge in [0.2, 0.25) is 10.0 Å². The van der Waals surface area contributed by atoms with Crippen molar-refractivity contribution in [2.24, 2.45) is 0 Å². The van der Waals surface area contributed by atoms with Gasteiger partial charge in [0.15, 0.2) is 0 Å². The summed E-state index contributed by atoms with van der Waals surface area (Å²) in [6, 6.07) is 6.76. The van der Waals surface area contributed by atoms with Crippen molar-refractivity contribution in [1.29, 1.82) is 0 Å². The summed E-state index contributed by atoms with van der Waals surface area (Å²) in [6.07, 6.45) is 6.28. The summed E-state index contributed by atoms with van der Waals surface area (Å²) in [5, 5.41) is 2.99. The van der Waals surface area contributed by atoms with E-state index in [-0.39, 0.29) is 10.8 Å². The number of amides is 1. The number of nitrogens with one attached hydrogen (secondary N) is 1.